The van der Waals surface area contributed by atoms with Crippen molar-refractivity contribution in [3.8, 4) is 0 Å². The molecule has 2 aromatic rings. The molecular formula is C12H13BrCl2N4O. The van der Waals surface area contributed by atoms with Gasteiger partial charge in [0.05, 0.1) is 21.8 Å². The van der Waals surface area contributed by atoms with Crippen LogP contribution in [0.4, 0.5) is 11.7 Å². The molecule has 0 aliphatic rings. The summed E-state index contributed by atoms with van der Waals surface area (Å²) in [7, 11) is 0. The molecule has 5 nitrogen and oxygen atoms in total. The molecule has 0 aliphatic heterocycles. The molecular weight excluding hydrogens is 367 g/mol. The Morgan fingerprint density at radius 3 is 2.55 bits per heavy atom. The zero-order valence-corrected chi connectivity index (χ0v) is 14.0. The van der Waals surface area contributed by atoms with Crippen molar-refractivity contribution >= 4 is 50.8 Å². The van der Waals surface area contributed by atoms with Gasteiger partial charge >= 0.3 is 6.01 Å². The van der Waals surface area contributed by atoms with Crippen LogP contribution in [-0.2, 0) is 0 Å². The van der Waals surface area contributed by atoms with Crippen LogP contribution in [0.15, 0.2) is 21.0 Å². The van der Waals surface area contributed by atoms with E-state index in [9.17, 15) is 0 Å². The smallest absolute Gasteiger partial charge is 0.320 e. The van der Waals surface area contributed by atoms with E-state index in [1.165, 1.54) is 0 Å². The lowest BCUT2D eigenvalue weighted by atomic mass is 10.3. The highest BCUT2D eigenvalue weighted by Gasteiger charge is 2.15. The molecule has 0 spiro atoms. The summed E-state index contributed by atoms with van der Waals surface area (Å²) < 4.78 is 6.31. The van der Waals surface area contributed by atoms with Gasteiger partial charge in [0, 0.05) is 4.47 Å². The van der Waals surface area contributed by atoms with Gasteiger partial charge in [-0.15, -0.1) is 5.10 Å². The van der Waals surface area contributed by atoms with Gasteiger partial charge in [-0.2, -0.15) is 0 Å². The highest BCUT2D eigenvalue weighted by molar-refractivity contribution is 9.10. The first-order valence-electron chi connectivity index (χ1n) is 5.99. The van der Waals surface area contributed by atoms with E-state index in [-0.39, 0.29) is 12.1 Å². The molecule has 0 radical (unpaired) electrons. The predicted molar refractivity (Wildman–Crippen MR) is 83.8 cm³/mol. The number of anilines is 2. The van der Waals surface area contributed by atoms with Crippen LogP contribution in [0.25, 0.3) is 0 Å². The maximum Gasteiger partial charge on any atom is 0.320 e. The summed E-state index contributed by atoms with van der Waals surface area (Å²) in [5, 5.41) is 14.9. The molecule has 0 bridgehead atoms. The molecule has 1 aromatic heterocycles. The summed E-state index contributed by atoms with van der Waals surface area (Å²) in [4.78, 5) is 0. The van der Waals surface area contributed by atoms with Crippen molar-refractivity contribution in [1.82, 2.24) is 15.5 Å². The van der Waals surface area contributed by atoms with Gasteiger partial charge in [0.15, 0.2) is 0 Å². The molecule has 0 saturated heterocycles. The zero-order chi connectivity index (χ0) is 14.7. The van der Waals surface area contributed by atoms with Crippen LogP contribution in [0.5, 0.6) is 0 Å². The fraction of sp³-hybridized carbons (Fsp3) is 0.333. The van der Waals surface area contributed by atoms with Crippen molar-refractivity contribution < 1.29 is 4.42 Å². The maximum absolute atomic E-state index is 6.12. The Bertz CT molecular complexity index is 582. The zero-order valence-electron chi connectivity index (χ0n) is 10.9. The van der Waals surface area contributed by atoms with E-state index in [2.05, 4.69) is 36.8 Å². The second-order valence-electron chi connectivity index (χ2n) is 4.09. The SMILES string of the molecule is CCNC(C)c1nnc(Nc2c(Cl)cc(Br)cc2Cl)o1. The van der Waals surface area contributed by atoms with Crippen molar-refractivity contribution in [2.45, 2.75) is 19.9 Å². The number of hydrogen-bond acceptors (Lipinski definition) is 5. The van der Waals surface area contributed by atoms with Gasteiger partial charge in [-0.1, -0.05) is 51.2 Å². The topological polar surface area (TPSA) is 63.0 Å². The first-order chi connectivity index (χ1) is 9.51. The van der Waals surface area contributed by atoms with Crippen LogP contribution in [0.1, 0.15) is 25.8 Å². The van der Waals surface area contributed by atoms with Gasteiger partial charge < -0.3 is 15.1 Å². The van der Waals surface area contributed by atoms with Gasteiger partial charge in [0.2, 0.25) is 5.89 Å². The monoisotopic (exact) mass is 378 g/mol. The first kappa shape index (κ1) is 15.6. The third-order valence-corrected chi connectivity index (χ3v) is 3.61. The summed E-state index contributed by atoms with van der Waals surface area (Å²) in [6.07, 6.45) is 0. The lowest BCUT2D eigenvalue weighted by molar-refractivity contribution is 0.430. The average Bonchev–Trinajstić information content (AvgIpc) is 2.82. The number of nitrogens with one attached hydrogen (secondary N) is 2. The van der Waals surface area contributed by atoms with E-state index in [4.69, 9.17) is 27.6 Å². The number of aromatic nitrogens is 2. The Balaban J connectivity index is 2.19. The maximum atomic E-state index is 6.12. The Labute approximate surface area is 135 Å². The fourth-order valence-corrected chi connectivity index (χ4v) is 2.93. The van der Waals surface area contributed by atoms with Crippen LogP contribution in [0, 0.1) is 0 Å². The third-order valence-electron chi connectivity index (χ3n) is 2.56. The average molecular weight is 380 g/mol. The Morgan fingerprint density at radius 2 is 1.95 bits per heavy atom. The van der Waals surface area contributed by atoms with E-state index in [1.807, 2.05) is 13.8 Å². The highest BCUT2D eigenvalue weighted by atomic mass is 79.9. The van der Waals surface area contributed by atoms with Crippen molar-refractivity contribution in [1.29, 1.82) is 0 Å². The third kappa shape index (κ3) is 3.63. The summed E-state index contributed by atoms with van der Waals surface area (Å²) in [5.74, 6) is 0.499. The van der Waals surface area contributed by atoms with Crippen molar-refractivity contribution in [2.24, 2.45) is 0 Å². The summed E-state index contributed by atoms with van der Waals surface area (Å²) in [6.45, 7) is 4.77. The van der Waals surface area contributed by atoms with Gasteiger partial charge in [0.25, 0.3) is 0 Å². The molecule has 0 amide bonds. The number of halogens is 3. The number of nitrogens with zero attached hydrogens (tertiary/aromatic N) is 2. The Kier molecular flexibility index (Phi) is 5.26. The first-order valence-corrected chi connectivity index (χ1v) is 7.54. The van der Waals surface area contributed by atoms with Crippen molar-refractivity contribution in [3.63, 3.8) is 0 Å². The lowest BCUT2D eigenvalue weighted by Crippen LogP contribution is -2.17. The summed E-state index contributed by atoms with van der Waals surface area (Å²) in [6, 6.07) is 3.69. The molecule has 1 heterocycles. The molecule has 1 aromatic carbocycles. The second-order valence-corrected chi connectivity index (χ2v) is 5.82. The highest BCUT2D eigenvalue weighted by Crippen LogP contribution is 2.35. The minimum atomic E-state index is -0.0149. The Hall–Kier alpha value is -0.820. The molecule has 20 heavy (non-hydrogen) atoms. The van der Waals surface area contributed by atoms with Crippen molar-refractivity contribution in [2.75, 3.05) is 11.9 Å². The normalized spacial score (nSPS) is 12.4. The Morgan fingerprint density at radius 1 is 1.30 bits per heavy atom. The van der Waals surface area contributed by atoms with E-state index in [0.717, 1.165) is 11.0 Å². The van der Waals surface area contributed by atoms with Gasteiger partial charge in [-0.05, 0) is 25.6 Å². The van der Waals surface area contributed by atoms with Crippen molar-refractivity contribution in [3.05, 3.63) is 32.5 Å². The van der Waals surface area contributed by atoms with Crippen LogP contribution in [0.3, 0.4) is 0 Å². The molecule has 1 atom stereocenters. The predicted octanol–water partition coefficient (Wildman–Crippen LogP) is 4.55. The molecule has 0 saturated carbocycles. The number of rotatable bonds is 5. The summed E-state index contributed by atoms with van der Waals surface area (Å²) >= 11 is 15.6. The lowest BCUT2D eigenvalue weighted by Gasteiger charge is -2.08. The van der Waals surface area contributed by atoms with Crippen LogP contribution < -0.4 is 10.6 Å². The standard InChI is InChI=1S/C12H13BrCl2N4O/c1-3-16-6(2)11-18-19-12(20-11)17-10-8(14)4-7(13)5-9(10)15/h4-6,16H,3H2,1-2H3,(H,17,19). The van der Waals surface area contributed by atoms with Crippen LogP contribution >= 0.6 is 39.1 Å². The molecule has 8 heteroatoms. The van der Waals surface area contributed by atoms with Gasteiger partial charge in [-0.25, -0.2) is 0 Å². The van der Waals surface area contributed by atoms with Crippen LogP contribution in [0.2, 0.25) is 10.0 Å². The van der Waals surface area contributed by atoms with E-state index in [1.54, 1.807) is 12.1 Å². The quantitative estimate of drug-likeness (QED) is 0.797. The van der Waals surface area contributed by atoms with Gasteiger partial charge in [-0.3, -0.25) is 0 Å². The van der Waals surface area contributed by atoms with E-state index in [0.29, 0.717) is 21.6 Å². The fourth-order valence-electron chi connectivity index (χ4n) is 1.62. The minimum Gasteiger partial charge on any atom is -0.406 e. The molecule has 0 fully saturated rings. The molecule has 2 N–H and O–H groups in total. The summed E-state index contributed by atoms with van der Waals surface area (Å²) in [5.41, 5.74) is 0.530. The molecule has 1 unspecified atom stereocenters. The minimum absolute atomic E-state index is 0.0149. The van der Waals surface area contributed by atoms with E-state index >= 15 is 0 Å². The number of benzene rings is 1. The van der Waals surface area contributed by atoms with Gasteiger partial charge in [0.1, 0.15) is 0 Å². The van der Waals surface area contributed by atoms with Crippen LogP contribution in [-0.4, -0.2) is 16.7 Å². The largest absolute Gasteiger partial charge is 0.406 e. The molecule has 2 rings (SSSR count). The molecule has 108 valence electrons. The number of hydrogen-bond donors (Lipinski definition) is 2. The second kappa shape index (κ2) is 6.76. The molecule has 0 aliphatic carbocycles. The van der Waals surface area contributed by atoms with E-state index < -0.39 is 0 Å².